The fraction of sp³-hybridized carbons (Fsp3) is 0.769. The molecule has 3 rings (SSSR count). The molecule has 1 saturated heterocycles. The maximum Gasteiger partial charge on any atom is 0.109 e. The van der Waals surface area contributed by atoms with Crippen LogP contribution in [-0.2, 0) is 13.0 Å². The summed E-state index contributed by atoms with van der Waals surface area (Å²) in [5.74, 6) is 2.85. The second-order valence-corrected chi connectivity index (χ2v) is 5.40. The molecular formula is C13H23Cl2N3. The molecule has 3 heterocycles. The van der Waals surface area contributed by atoms with Crippen molar-refractivity contribution in [2.24, 2.45) is 5.92 Å². The minimum atomic E-state index is 0. The van der Waals surface area contributed by atoms with Gasteiger partial charge in [0.2, 0.25) is 0 Å². The molecule has 0 radical (unpaired) electrons. The van der Waals surface area contributed by atoms with E-state index in [4.69, 9.17) is 4.98 Å². The van der Waals surface area contributed by atoms with E-state index in [2.05, 4.69) is 23.0 Å². The Morgan fingerprint density at radius 3 is 2.67 bits per heavy atom. The average molecular weight is 292 g/mol. The molecule has 1 aromatic heterocycles. The zero-order valence-corrected chi connectivity index (χ0v) is 12.5. The van der Waals surface area contributed by atoms with Crippen molar-refractivity contribution in [3.63, 3.8) is 0 Å². The third kappa shape index (κ3) is 3.19. The number of hydrogen-bond donors (Lipinski definition) is 1. The topological polar surface area (TPSA) is 29.9 Å². The second kappa shape index (κ2) is 6.78. The largest absolute Gasteiger partial charge is 0.335 e. The molecule has 2 aliphatic heterocycles. The molecule has 0 aliphatic carbocycles. The van der Waals surface area contributed by atoms with Gasteiger partial charge in [-0.1, -0.05) is 6.92 Å². The highest BCUT2D eigenvalue weighted by Crippen LogP contribution is 2.27. The Labute approximate surface area is 122 Å². The number of nitrogens with zero attached hydrogens (tertiary/aromatic N) is 2. The summed E-state index contributed by atoms with van der Waals surface area (Å²) in [5, 5.41) is 3.42. The first kappa shape index (κ1) is 15.8. The van der Waals surface area contributed by atoms with E-state index < -0.39 is 0 Å². The zero-order valence-electron chi connectivity index (χ0n) is 10.9. The van der Waals surface area contributed by atoms with Gasteiger partial charge in [0.25, 0.3) is 0 Å². The van der Waals surface area contributed by atoms with Crippen LogP contribution in [0.5, 0.6) is 0 Å². The number of rotatable bonds is 1. The van der Waals surface area contributed by atoms with Crippen molar-refractivity contribution in [3.05, 3.63) is 17.7 Å². The summed E-state index contributed by atoms with van der Waals surface area (Å²) in [5.41, 5.74) is 1.35. The zero-order chi connectivity index (χ0) is 11.0. The molecule has 104 valence electrons. The smallest absolute Gasteiger partial charge is 0.109 e. The van der Waals surface area contributed by atoms with Crippen LogP contribution in [0.4, 0.5) is 0 Å². The molecule has 1 aromatic rings. The molecule has 1 atom stereocenters. The van der Waals surface area contributed by atoms with Gasteiger partial charge in [-0.05, 0) is 38.3 Å². The quantitative estimate of drug-likeness (QED) is 0.862. The standard InChI is InChI=1S/C13H21N3.2ClH/c1-10-4-7-16-9-12(15-13(16)8-10)11-2-5-14-6-3-11;;/h9-11,14H,2-8H2,1H3;2*1H. The van der Waals surface area contributed by atoms with Crippen LogP contribution in [0.1, 0.15) is 43.6 Å². The Kier molecular flexibility index (Phi) is 5.96. The minimum Gasteiger partial charge on any atom is -0.335 e. The molecule has 2 aliphatic rings. The molecule has 0 saturated carbocycles. The minimum absolute atomic E-state index is 0. The van der Waals surface area contributed by atoms with E-state index in [0.29, 0.717) is 5.92 Å². The van der Waals surface area contributed by atoms with Crippen LogP contribution in [0.15, 0.2) is 6.20 Å². The molecule has 3 nitrogen and oxygen atoms in total. The van der Waals surface area contributed by atoms with Gasteiger partial charge in [-0.25, -0.2) is 4.98 Å². The highest BCUT2D eigenvalue weighted by molar-refractivity contribution is 5.85. The van der Waals surface area contributed by atoms with Crippen molar-refractivity contribution < 1.29 is 0 Å². The highest BCUT2D eigenvalue weighted by atomic mass is 35.5. The summed E-state index contributed by atoms with van der Waals surface area (Å²) in [4.78, 5) is 4.86. The fourth-order valence-corrected chi connectivity index (χ4v) is 2.92. The molecule has 0 bridgehead atoms. The number of fused-ring (bicyclic) bond motifs is 1. The number of aromatic nitrogens is 2. The van der Waals surface area contributed by atoms with Gasteiger partial charge in [0.05, 0.1) is 5.69 Å². The van der Waals surface area contributed by atoms with E-state index in [1.54, 1.807) is 0 Å². The van der Waals surface area contributed by atoms with Gasteiger partial charge in [-0.2, -0.15) is 0 Å². The molecule has 18 heavy (non-hydrogen) atoms. The van der Waals surface area contributed by atoms with Gasteiger partial charge in [-0.3, -0.25) is 0 Å². The summed E-state index contributed by atoms with van der Waals surface area (Å²) < 4.78 is 2.39. The van der Waals surface area contributed by atoms with Crippen LogP contribution in [0, 0.1) is 5.92 Å². The summed E-state index contributed by atoms with van der Waals surface area (Å²) in [6.07, 6.45) is 7.31. The summed E-state index contributed by atoms with van der Waals surface area (Å²) in [6, 6.07) is 0. The van der Waals surface area contributed by atoms with Crippen LogP contribution in [0.3, 0.4) is 0 Å². The number of piperidine rings is 1. The van der Waals surface area contributed by atoms with Gasteiger partial charge in [0, 0.05) is 25.1 Å². The lowest BCUT2D eigenvalue weighted by atomic mass is 9.95. The lowest BCUT2D eigenvalue weighted by Crippen LogP contribution is -2.26. The number of imidazole rings is 1. The summed E-state index contributed by atoms with van der Waals surface area (Å²) >= 11 is 0. The maximum atomic E-state index is 4.86. The molecule has 0 aromatic carbocycles. The molecule has 0 amide bonds. The van der Waals surface area contributed by atoms with Crippen molar-refractivity contribution >= 4 is 24.8 Å². The highest BCUT2D eigenvalue weighted by Gasteiger charge is 2.22. The van der Waals surface area contributed by atoms with Crippen molar-refractivity contribution in [1.29, 1.82) is 0 Å². The Hall–Kier alpha value is -0.250. The van der Waals surface area contributed by atoms with Crippen LogP contribution in [0.2, 0.25) is 0 Å². The third-order valence-corrected chi connectivity index (χ3v) is 4.03. The van der Waals surface area contributed by atoms with Gasteiger partial charge in [0.15, 0.2) is 0 Å². The van der Waals surface area contributed by atoms with Crippen LogP contribution in [0.25, 0.3) is 0 Å². The second-order valence-electron chi connectivity index (χ2n) is 5.40. The van der Waals surface area contributed by atoms with Crippen molar-refractivity contribution in [2.45, 2.75) is 45.1 Å². The first-order valence-electron chi connectivity index (χ1n) is 6.59. The molecule has 0 spiro atoms. The predicted molar refractivity (Wildman–Crippen MR) is 79.1 cm³/mol. The number of hydrogen-bond acceptors (Lipinski definition) is 2. The van der Waals surface area contributed by atoms with E-state index in [-0.39, 0.29) is 24.8 Å². The molecule has 1 fully saturated rings. The average Bonchev–Trinajstić information content (AvgIpc) is 2.73. The van der Waals surface area contributed by atoms with Crippen LogP contribution >= 0.6 is 24.8 Å². The van der Waals surface area contributed by atoms with E-state index in [1.807, 2.05) is 0 Å². The number of aryl methyl sites for hydroxylation is 1. The number of halogens is 2. The van der Waals surface area contributed by atoms with E-state index in [9.17, 15) is 0 Å². The Morgan fingerprint density at radius 1 is 1.22 bits per heavy atom. The summed E-state index contributed by atoms with van der Waals surface area (Å²) in [7, 11) is 0. The van der Waals surface area contributed by atoms with E-state index >= 15 is 0 Å². The lowest BCUT2D eigenvalue weighted by Gasteiger charge is -2.20. The number of nitrogens with one attached hydrogen (secondary N) is 1. The van der Waals surface area contributed by atoms with Crippen molar-refractivity contribution in [2.75, 3.05) is 13.1 Å². The van der Waals surface area contributed by atoms with E-state index in [0.717, 1.165) is 19.0 Å². The van der Waals surface area contributed by atoms with Gasteiger partial charge in [-0.15, -0.1) is 24.8 Å². The Morgan fingerprint density at radius 2 is 1.94 bits per heavy atom. The van der Waals surface area contributed by atoms with Crippen molar-refractivity contribution in [1.82, 2.24) is 14.9 Å². The monoisotopic (exact) mass is 291 g/mol. The molecular weight excluding hydrogens is 269 g/mol. The Balaban J connectivity index is 0.000000810. The van der Waals surface area contributed by atoms with Crippen LogP contribution < -0.4 is 5.32 Å². The first-order valence-corrected chi connectivity index (χ1v) is 6.59. The van der Waals surface area contributed by atoms with Gasteiger partial charge >= 0.3 is 0 Å². The predicted octanol–water partition coefficient (Wildman–Crippen LogP) is 2.78. The summed E-state index contributed by atoms with van der Waals surface area (Å²) in [6.45, 7) is 5.82. The van der Waals surface area contributed by atoms with Crippen molar-refractivity contribution in [3.8, 4) is 0 Å². The molecule has 1 unspecified atom stereocenters. The van der Waals surface area contributed by atoms with Gasteiger partial charge in [0.1, 0.15) is 5.82 Å². The van der Waals surface area contributed by atoms with Gasteiger partial charge < -0.3 is 9.88 Å². The fourth-order valence-electron chi connectivity index (χ4n) is 2.92. The normalized spacial score (nSPS) is 23.7. The lowest BCUT2D eigenvalue weighted by molar-refractivity contribution is 0.409. The first-order chi connectivity index (χ1) is 7.83. The van der Waals surface area contributed by atoms with E-state index in [1.165, 1.54) is 43.7 Å². The molecule has 1 N–H and O–H groups in total. The molecule has 5 heteroatoms. The SMILES string of the molecule is CC1CCn2cc(C3CCNCC3)nc2C1.Cl.Cl. The van der Waals surface area contributed by atoms with Crippen LogP contribution in [-0.4, -0.2) is 22.6 Å². The third-order valence-electron chi connectivity index (χ3n) is 4.03. The maximum absolute atomic E-state index is 4.86. The Bertz CT molecular complexity index is 372.